The summed E-state index contributed by atoms with van der Waals surface area (Å²) in [4.78, 5) is 37.4. The van der Waals surface area contributed by atoms with Crippen LogP contribution in [0.5, 0.6) is 0 Å². The van der Waals surface area contributed by atoms with Crippen molar-refractivity contribution in [2.45, 2.75) is 19.4 Å². The van der Waals surface area contributed by atoms with Gasteiger partial charge in [-0.1, -0.05) is 42.5 Å². The van der Waals surface area contributed by atoms with Gasteiger partial charge in [-0.3, -0.25) is 9.59 Å². The molecule has 1 heterocycles. The van der Waals surface area contributed by atoms with E-state index in [2.05, 4.69) is 5.32 Å². The Kier molecular flexibility index (Phi) is 7.08. The Balaban J connectivity index is 1.54. The summed E-state index contributed by atoms with van der Waals surface area (Å²) in [5.41, 5.74) is 1.70. The van der Waals surface area contributed by atoms with Crippen molar-refractivity contribution in [3.05, 3.63) is 83.0 Å². The zero-order valence-electron chi connectivity index (χ0n) is 16.3. The summed E-state index contributed by atoms with van der Waals surface area (Å²) in [5, 5.41) is 2.61. The fraction of sp³-hybridized carbons (Fsp3) is 0.174. The third kappa shape index (κ3) is 5.84. The standard InChI is InChI=1S/C23H20FNO4S/c1-15(26)19(13-16-5-3-2-4-6-16)25-22(27)14-29-23(28)21-12-11-20(30-21)17-7-9-18(24)10-8-17/h2-12,19H,13-14H2,1H3,(H,25,27). The van der Waals surface area contributed by atoms with E-state index in [9.17, 15) is 18.8 Å². The highest BCUT2D eigenvalue weighted by Crippen LogP contribution is 2.28. The number of nitrogens with one attached hydrogen (secondary N) is 1. The molecule has 2 aromatic carbocycles. The minimum absolute atomic E-state index is 0.180. The number of thiophene rings is 1. The Bertz CT molecular complexity index is 1030. The van der Waals surface area contributed by atoms with Crippen LogP contribution in [0.3, 0.4) is 0 Å². The topological polar surface area (TPSA) is 72.5 Å². The third-order valence-electron chi connectivity index (χ3n) is 4.38. The van der Waals surface area contributed by atoms with Crippen LogP contribution < -0.4 is 5.32 Å². The molecule has 1 unspecified atom stereocenters. The predicted molar refractivity (Wildman–Crippen MR) is 113 cm³/mol. The Hall–Kier alpha value is -3.32. The first-order valence-corrected chi connectivity index (χ1v) is 10.1. The Labute approximate surface area is 177 Å². The number of benzene rings is 2. The van der Waals surface area contributed by atoms with Gasteiger partial charge in [-0.2, -0.15) is 0 Å². The van der Waals surface area contributed by atoms with Crippen LogP contribution in [-0.4, -0.2) is 30.3 Å². The van der Waals surface area contributed by atoms with E-state index in [-0.39, 0.29) is 11.6 Å². The molecule has 1 amide bonds. The Morgan fingerprint density at radius 2 is 1.70 bits per heavy atom. The van der Waals surface area contributed by atoms with Crippen molar-refractivity contribution in [1.29, 1.82) is 0 Å². The van der Waals surface area contributed by atoms with Gasteiger partial charge in [-0.15, -0.1) is 11.3 Å². The van der Waals surface area contributed by atoms with E-state index in [1.54, 1.807) is 24.3 Å². The summed E-state index contributed by atoms with van der Waals surface area (Å²) in [5.74, 6) is -1.70. The van der Waals surface area contributed by atoms with Crippen molar-refractivity contribution in [1.82, 2.24) is 5.32 Å². The van der Waals surface area contributed by atoms with Gasteiger partial charge >= 0.3 is 5.97 Å². The van der Waals surface area contributed by atoms with Gasteiger partial charge < -0.3 is 10.1 Å². The average Bonchev–Trinajstić information content (AvgIpc) is 3.23. The van der Waals surface area contributed by atoms with Crippen LogP contribution in [0.4, 0.5) is 4.39 Å². The smallest absolute Gasteiger partial charge is 0.348 e. The fourth-order valence-corrected chi connectivity index (χ4v) is 3.71. The third-order valence-corrected chi connectivity index (χ3v) is 5.49. The summed E-state index contributed by atoms with van der Waals surface area (Å²) in [6, 6.07) is 17.9. The van der Waals surface area contributed by atoms with Crippen LogP contribution in [0.15, 0.2) is 66.7 Å². The van der Waals surface area contributed by atoms with Gasteiger partial charge in [0.1, 0.15) is 10.7 Å². The zero-order chi connectivity index (χ0) is 21.5. The van der Waals surface area contributed by atoms with Crippen LogP contribution in [0.1, 0.15) is 22.2 Å². The van der Waals surface area contributed by atoms with Crippen molar-refractivity contribution in [2.24, 2.45) is 0 Å². The Morgan fingerprint density at radius 3 is 2.37 bits per heavy atom. The lowest BCUT2D eigenvalue weighted by Crippen LogP contribution is -2.43. The van der Waals surface area contributed by atoms with Gasteiger partial charge in [0.15, 0.2) is 12.4 Å². The molecule has 0 radical (unpaired) electrons. The molecule has 0 saturated heterocycles. The maximum atomic E-state index is 13.0. The van der Waals surface area contributed by atoms with Gasteiger partial charge in [-0.25, -0.2) is 9.18 Å². The highest BCUT2D eigenvalue weighted by molar-refractivity contribution is 7.17. The molecule has 0 aliphatic heterocycles. The first kappa shape index (κ1) is 21.4. The molecule has 0 aliphatic rings. The molecule has 0 fully saturated rings. The van der Waals surface area contributed by atoms with E-state index >= 15 is 0 Å². The van der Waals surface area contributed by atoms with Crippen molar-refractivity contribution in [3.8, 4) is 10.4 Å². The number of hydrogen-bond acceptors (Lipinski definition) is 5. The molecule has 30 heavy (non-hydrogen) atoms. The molecule has 0 aliphatic carbocycles. The van der Waals surface area contributed by atoms with Crippen LogP contribution in [0.25, 0.3) is 10.4 Å². The molecule has 0 saturated carbocycles. The molecule has 3 aromatic rings. The number of ether oxygens (including phenoxy) is 1. The molecule has 154 valence electrons. The summed E-state index contributed by atoms with van der Waals surface area (Å²) < 4.78 is 18.1. The van der Waals surface area contributed by atoms with Crippen LogP contribution in [0, 0.1) is 5.82 Å². The molecular weight excluding hydrogens is 405 g/mol. The average molecular weight is 425 g/mol. The van der Waals surface area contributed by atoms with E-state index in [1.807, 2.05) is 30.3 Å². The fourth-order valence-electron chi connectivity index (χ4n) is 2.80. The molecule has 5 nitrogen and oxygen atoms in total. The highest BCUT2D eigenvalue weighted by Gasteiger charge is 2.19. The van der Waals surface area contributed by atoms with E-state index in [1.165, 1.54) is 30.4 Å². The molecule has 0 spiro atoms. The Morgan fingerprint density at radius 1 is 1.00 bits per heavy atom. The number of carbonyl (C=O) groups excluding carboxylic acids is 3. The first-order chi connectivity index (χ1) is 14.4. The number of amides is 1. The number of Topliss-reactive ketones (excluding diaryl/α,β-unsaturated/α-hetero) is 1. The second-order valence-electron chi connectivity index (χ2n) is 6.67. The van der Waals surface area contributed by atoms with E-state index in [0.29, 0.717) is 11.3 Å². The summed E-state index contributed by atoms with van der Waals surface area (Å²) >= 11 is 1.19. The van der Waals surface area contributed by atoms with E-state index in [0.717, 1.165) is 16.0 Å². The van der Waals surface area contributed by atoms with Gasteiger partial charge in [0.05, 0.1) is 6.04 Å². The highest BCUT2D eigenvalue weighted by atomic mass is 32.1. The predicted octanol–water partition coefficient (Wildman–Crippen LogP) is 4.03. The summed E-state index contributed by atoms with van der Waals surface area (Å²) in [6.07, 6.45) is 0.363. The van der Waals surface area contributed by atoms with Crippen molar-refractivity contribution < 1.29 is 23.5 Å². The van der Waals surface area contributed by atoms with Crippen LogP contribution in [-0.2, 0) is 20.7 Å². The zero-order valence-corrected chi connectivity index (χ0v) is 17.1. The lowest BCUT2D eigenvalue weighted by atomic mass is 10.0. The van der Waals surface area contributed by atoms with E-state index in [4.69, 9.17) is 4.74 Å². The van der Waals surface area contributed by atoms with Crippen molar-refractivity contribution >= 4 is 29.0 Å². The lowest BCUT2D eigenvalue weighted by molar-refractivity contribution is -0.128. The monoisotopic (exact) mass is 425 g/mol. The number of hydrogen-bond donors (Lipinski definition) is 1. The molecule has 1 atom stereocenters. The quantitative estimate of drug-likeness (QED) is 0.553. The second kappa shape index (κ2) is 9.93. The van der Waals surface area contributed by atoms with E-state index < -0.39 is 24.5 Å². The first-order valence-electron chi connectivity index (χ1n) is 9.29. The van der Waals surface area contributed by atoms with Crippen LogP contribution in [0.2, 0.25) is 0 Å². The molecular formula is C23H20FNO4S. The molecule has 3 rings (SSSR count). The number of halogens is 1. The normalized spacial score (nSPS) is 11.5. The summed E-state index contributed by atoms with van der Waals surface area (Å²) in [6.45, 7) is 0.920. The van der Waals surface area contributed by atoms with Crippen molar-refractivity contribution in [2.75, 3.05) is 6.61 Å². The van der Waals surface area contributed by atoms with Gasteiger partial charge in [0, 0.05) is 4.88 Å². The molecule has 1 N–H and O–H groups in total. The minimum atomic E-state index is -0.689. The number of esters is 1. The maximum absolute atomic E-state index is 13.0. The van der Waals surface area contributed by atoms with Crippen molar-refractivity contribution in [3.63, 3.8) is 0 Å². The van der Waals surface area contributed by atoms with Gasteiger partial charge in [0.25, 0.3) is 5.91 Å². The number of carbonyl (C=O) groups is 3. The lowest BCUT2D eigenvalue weighted by Gasteiger charge is -2.16. The maximum Gasteiger partial charge on any atom is 0.348 e. The van der Waals surface area contributed by atoms with Crippen LogP contribution >= 0.6 is 11.3 Å². The summed E-state index contributed by atoms with van der Waals surface area (Å²) in [7, 11) is 0. The van der Waals surface area contributed by atoms with Gasteiger partial charge in [-0.05, 0) is 48.7 Å². The number of rotatable bonds is 8. The number of ketones is 1. The molecule has 1 aromatic heterocycles. The second-order valence-corrected chi connectivity index (χ2v) is 7.75. The largest absolute Gasteiger partial charge is 0.451 e. The SMILES string of the molecule is CC(=O)C(Cc1ccccc1)NC(=O)COC(=O)c1ccc(-c2ccc(F)cc2)s1. The molecule has 7 heteroatoms. The van der Waals surface area contributed by atoms with Gasteiger partial charge in [0.2, 0.25) is 0 Å². The minimum Gasteiger partial charge on any atom is -0.451 e. The molecule has 0 bridgehead atoms.